The Morgan fingerprint density at radius 3 is 3.04 bits per heavy atom. The molecule has 23 heavy (non-hydrogen) atoms. The zero-order valence-corrected chi connectivity index (χ0v) is 12.8. The van der Waals surface area contributed by atoms with Crippen LogP contribution >= 0.6 is 0 Å². The SMILES string of the molecule is NCC1=NOC(COc2ccccc2-c2cnn(CCO)c2)C1. The lowest BCUT2D eigenvalue weighted by Gasteiger charge is -2.13. The van der Waals surface area contributed by atoms with Crippen molar-refractivity contribution in [3.63, 3.8) is 0 Å². The van der Waals surface area contributed by atoms with E-state index in [-0.39, 0.29) is 12.7 Å². The second-order valence-corrected chi connectivity index (χ2v) is 5.32. The van der Waals surface area contributed by atoms with Gasteiger partial charge in [-0.05, 0) is 6.07 Å². The Hall–Kier alpha value is -2.38. The highest BCUT2D eigenvalue weighted by molar-refractivity contribution is 5.87. The summed E-state index contributed by atoms with van der Waals surface area (Å²) in [5.74, 6) is 0.765. The van der Waals surface area contributed by atoms with Crippen molar-refractivity contribution in [2.24, 2.45) is 10.9 Å². The minimum absolute atomic E-state index is 0.0573. The van der Waals surface area contributed by atoms with Crippen LogP contribution in [0.25, 0.3) is 11.1 Å². The summed E-state index contributed by atoms with van der Waals surface area (Å²) >= 11 is 0. The highest BCUT2D eigenvalue weighted by atomic mass is 16.7. The molecule has 1 atom stereocenters. The van der Waals surface area contributed by atoms with Gasteiger partial charge in [0.2, 0.25) is 0 Å². The molecule has 3 rings (SSSR count). The van der Waals surface area contributed by atoms with E-state index in [1.807, 2.05) is 30.5 Å². The summed E-state index contributed by atoms with van der Waals surface area (Å²) in [6.07, 6.45) is 4.26. The van der Waals surface area contributed by atoms with Crippen LogP contribution in [-0.2, 0) is 11.4 Å². The maximum Gasteiger partial charge on any atom is 0.166 e. The lowest BCUT2D eigenvalue weighted by atomic mass is 10.1. The molecule has 7 nitrogen and oxygen atoms in total. The maximum absolute atomic E-state index is 8.98. The fraction of sp³-hybridized carbons (Fsp3) is 0.375. The second kappa shape index (κ2) is 7.26. The number of para-hydroxylation sites is 1. The van der Waals surface area contributed by atoms with E-state index in [1.54, 1.807) is 10.9 Å². The quantitative estimate of drug-likeness (QED) is 0.795. The van der Waals surface area contributed by atoms with Crippen LogP contribution in [0.3, 0.4) is 0 Å². The number of nitrogens with zero attached hydrogens (tertiary/aromatic N) is 3. The molecule has 1 aliphatic rings. The first-order valence-corrected chi connectivity index (χ1v) is 7.57. The Labute approximate surface area is 134 Å². The normalized spacial score (nSPS) is 17.0. The molecule has 2 aromatic rings. The summed E-state index contributed by atoms with van der Waals surface area (Å²) in [7, 11) is 0. The summed E-state index contributed by atoms with van der Waals surface area (Å²) < 4.78 is 7.61. The predicted octanol–water partition coefficient (Wildman–Crippen LogP) is 1.02. The molecule has 0 saturated heterocycles. The smallest absolute Gasteiger partial charge is 0.166 e. The molecule has 1 unspecified atom stereocenters. The monoisotopic (exact) mass is 316 g/mol. The minimum atomic E-state index is -0.0984. The maximum atomic E-state index is 8.98. The Morgan fingerprint density at radius 1 is 1.39 bits per heavy atom. The van der Waals surface area contributed by atoms with E-state index in [0.717, 1.165) is 22.6 Å². The van der Waals surface area contributed by atoms with Gasteiger partial charge in [-0.1, -0.05) is 23.4 Å². The molecule has 3 N–H and O–H groups in total. The fourth-order valence-corrected chi connectivity index (χ4v) is 2.44. The van der Waals surface area contributed by atoms with Crippen molar-refractivity contribution < 1.29 is 14.7 Å². The van der Waals surface area contributed by atoms with E-state index in [2.05, 4.69) is 10.3 Å². The van der Waals surface area contributed by atoms with Crippen molar-refractivity contribution in [3.05, 3.63) is 36.7 Å². The van der Waals surface area contributed by atoms with E-state index in [4.69, 9.17) is 20.4 Å². The molecule has 0 fully saturated rings. The number of hydrogen-bond acceptors (Lipinski definition) is 6. The molecule has 7 heteroatoms. The number of benzene rings is 1. The highest BCUT2D eigenvalue weighted by Crippen LogP contribution is 2.30. The molecular formula is C16H20N4O3. The molecule has 122 valence electrons. The van der Waals surface area contributed by atoms with Gasteiger partial charge in [-0.25, -0.2) is 0 Å². The lowest BCUT2D eigenvalue weighted by Crippen LogP contribution is -2.20. The van der Waals surface area contributed by atoms with Gasteiger partial charge in [0.15, 0.2) is 6.10 Å². The average molecular weight is 316 g/mol. The summed E-state index contributed by atoms with van der Waals surface area (Å²) in [5.41, 5.74) is 8.31. The van der Waals surface area contributed by atoms with Crippen LogP contribution in [0, 0.1) is 0 Å². The first-order valence-electron chi connectivity index (χ1n) is 7.57. The predicted molar refractivity (Wildman–Crippen MR) is 86.2 cm³/mol. The van der Waals surface area contributed by atoms with Gasteiger partial charge < -0.3 is 20.4 Å². The molecule has 0 bridgehead atoms. The third-order valence-electron chi connectivity index (χ3n) is 3.61. The van der Waals surface area contributed by atoms with Gasteiger partial charge in [-0.15, -0.1) is 0 Å². The zero-order valence-electron chi connectivity index (χ0n) is 12.8. The topological polar surface area (TPSA) is 94.9 Å². The minimum Gasteiger partial charge on any atom is -0.489 e. The van der Waals surface area contributed by atoms with Crippen molar-refractivity contribution in [2.75, 3.05) is 19.8 Å². The van der Waals surface area contributed by atoms with Gasteiger partial charge in [0.25, 0.3) is 0 Å². The number of ether oxygens (including phenoxy) is 1. The molecule has 2 heterocycles. The molecule has 0 aliphatic carbocycles. The summed E-state index contributed by atoms with van der Waals surface area (Å²) in [5, 5.41) is 17.1. The third-order valence-corrected chi connectivity index (χ3v) is 3.61. The van der Waals surface area contributed by atoms with Gasteiger partial charge >= 0.3 is 0 Å². The Kier molecular flexibility index (Phi) is 4.89. The van der Waals surface area contributed by atoms with Crippen molar-refractivity contribution in [3.8, 4) is 16.9 Å². The van der Waals surface area contributed by atoms with Crippen LogP contribution in [0.1, 0.15) is 6.42 Å². The Morgan fingerprint density at radius 2 is 2.26 bits per heavy atom. The van der Waals surface area contributed by atoms with Crippen LogP contribution < -0.4 is 10.5 Å². The molecule has 0 radical (unpaired) electrons. The highest BCUT2D eigenvalue weighted by Gasteiger charge is 2.21. The largest absolute Gasteiger partial charge is 0.489 e. The van der Waals surface area contributed by atoms with Crippen molar-refractivity contribution in [2.45, 2.75) is 19.1 Å². The Bertz CT molecular complexity index is 683. The number of hydrogen-bond donors (Lipinski definition) is 2. The molecule has 1 aromatic carbocycles. The molecule has 0 saturated carbocycles. The molecule has 0 amide bonds. The first kappa shape index (κ1) is 15.5. The van der Waals surface area contributed by atoms with Gasteiger partial charge in [0.1, 0.15) is 12.4 Å². The van der Waals surface area contributed by atoms with E-state index in [0.29, 0.717) is 26.1 Å². The summed E-state index contributed by atoms with van der Waals surface area (Å²) in [4.78, 5) is 5.30. The standard InChI is InChI=1S/C16H20N4O3/c17-8-13-7-14(23-19-13)11-22-16-4-2-1-3-15(16)12-9-18-20(10-12)5-6-21/h1-4,9-10,14,21H,5-8,11,17H2. The van der Waals surface area contributed by atoms with Crippen molar-refractivity contribution in [1.82, 2.24) is 9.78 Å². The molecule has 1 aromatic heterocycles. The van der Waals surface area contributed by atoms with Crippen LogP contribution in [0.5, 0.6) is 5.75 Å². The van der Waals surface area contributed by atoms with Crippen LogP contribution in [0.15, 0.2) is 41.8 Å². The van der Waals surface area contributed by atoms with Gasteiger partial charge in [0, 0.05) is 30.3 Å². The lowest BCUT2D eigenvalue weighted by molar-refractivity contribution is 0.0472. The number of aliphatic hydroxyl groups is 1. The molecular weight excluding hydrogens is 296 g/mol. The van der Waals surface area contributed by atoms with Gasteiger partial charge in [-0.3, -0.25) is 4.68 Å². The number of aliphatic hydroxyl groups excluding tert-OH is 1. The van der Waals surface area contributed by atoms with E-state index in [1.165, 1.54) is 0 Å². The van der Waals surface area contributed by atoms with Crippen LogP contribution in [-0.4, -0.2) is 46.5 Å². The first-order chi connectivity index (χ1) is 11.3. The van der Waals surface area contributed by atoms with Crippen LogP contribution in [0.2, 0.25) is 0 Å². The summed E-state index contributed by atoms with van der Waals surface area (Å²) in [6.45, 7) is 1.35. The van der Waals surface area contributed by atoms with Crippen molar-refractivity contribution in [1.29, 1.82) is 0 Å². The second-order valence-electron chi connectivity index (χ2n) is 5.32. The van der Waals surface area contributed by atoms with Crippen molar-refractivity contribution >= 4 is 5.71 Å². The Balaban J connectivity index is 1.68. The number of rotatable bonds is 7. The van der Waals surface area contributed by atoms with E-state index >= 15 is 0 Å². The molecule has 1 aliphatic heterocycles. The number of aromatic nitrogens is 2. The van der Waals surface area contributed by atoms with Gasteiger partial charge in [-0.2, -0.15) is 5.10 Å². The third kappa shape index (κ3) is 3.69. The zero-order chi connectivity index (χ0) is 16.1. The average Bonchev–Trinajstić information content (AvgIpc) is 3.23. The van der Waals surface area contributed by atoms with E-state index < -0.39 is 0 Å². The van der Waals surface area contributed by atoms with Crippen LogP contribution in [0.4, 0.5) is 0 Å². The molecule has 0 spiro atoms. The number of nitrogens with two attached hydrogens (primary N) is 1. The van der Waals surface area contributed by atoms with Gasteiger partial charge in [0.05, 0.1) is 25.1 Å². The summed E-state index contributed by atoms with van der Waals surface area (Å²) in [6, 6.07) is 7.77. The number of oxime groups is 1. The van der Waals surface area contributed by atoms with E-state index in [9.17, 15) is 0 Å². The fourth-order valence-electron chi connectivity index (χ4n) is 2.44.